The molecule has 0 saturated carbocycles. The van der Waals surface area contributed by atoms with Crippen LogP contribution >= 0.6 is 0 Å². The standard InChI is InChI=1S/C19H17N3O2/c1-2-24-14-10-8-13(9-11-14)16-15-17(12-6-4-3-5-7-12)21-22-18(15)19(23)20-16/h3-11,16H,2H2,1H3,(H,20,23)(H,21,22). The van der Waals surface area contributed by atoms with Gasteiger partial charge in [-0.3, -0.25) is 9.89 Å². The van der Waals surface area contributed by atoms with Crippen LogP contribution in [0.4, 0.5) is 0 Å². The third-order valence-electron chi connectivity index (χ3n) is 4.17. The van der Waals surface area contributed by atoms with Gasteiger partial charge in [0.2, 0.25) is 0 Å². The van der Waals surface area contributed by atoms with Gasteiger partial charge in [0.1, 0.15) is 11.4 Å². The second-order valence-corrected chi connectivity index (χ2v) is 5.64. The van der Waals surface area contributed by atoms with Crippen molar-refractivity contribution in [1.29, 1.82) is 0 Å². The highest BCUT2D eigenvalue weighted by atomic mass is 16.5. The van der Waals surface area contributed by atoms with Crippen molar-refractivity contribution in [2.45, 2.75) is 13.0 Å². The monoisotopic (exact) mass is 319 g/mol. The molecule has 2 aromatic carbocycles. The fourth-order valence-electron chi connectivity index (χ4n) is 3.07. The van der Waals surface area contributed by atoms with Crippen molar-refractivity contribution < 1.29 is 9.53 Å². The van der Waals surface area contributed by atoms with Crippen molar-refractivity contribution in [3.63, 3.8) is 0 Å². The number of fused-ring (bicyclic) bond motifs is 1. The summed E-state index contributed by atoms with van der Waals surface area (Å²) in [5.74, 6) is 0.694. The first-order valence-electron chi connectivity index (χ1n) is 7.95. The first kappa shape index (κ1) is 14.5. The van der Waals surface area contributed by atoms with Crippen LogP contribution in [0, 0.1) is 0 Å². The molecule has 3 aromatic rings. The maximum atomic E-state index is 12.3. The van der Waals surface area contributed by atoms with Gasteiger partial charge in [-0.2, -0.15) is 5.10 Å². The number of amides is 1. The molecule has 1 atom stereocenters. The molecule has 1 aliphatic rings. The minimum absolute atomic E-state index is 0.126. The molecular weight excluding hydrogens is 302 g/mol. The lowest BCUT2D eigenvalue weighted by Crippen LogP contribution is -2.21. The van der Waals surface area contributed by atoms with Crippen LogP contribution < -0.4 is 10.1 Å². The minimum atomic E-state index is -0.211. The number of H-pyrrole nitrogens is 1. The van der Waals surface area contributed by atoms with E-state index in [1.807, 2.05) is 61.5 Å². The van der Waals surface area contributed by atoms with E-state index >= 15 is 0 Å². The Morgan fingerprint density at radius 3 is 2.54 bits per heavy atom. The summed E-state index contributed by atoms with van der Waals surface area (Å²) >= 11 is 0. The summed E-state index contributed by atoms with van der Waals surface area (Å²) in [5.41, 5.74) is 4.23. The Morgan fingerprint density at radius 2 is 1.83 bits per heavy atom. The molecule has 0 fully saturated rings. The Morgan fingerprint density at radius 1 is 1.08 bits per heavy atom. The molecule has 4 rings (SSSR count). The maximum Gasteiger partial charge on any atom is 0.270 e. The van der Waals surface area contributed by atoms with Gasteiger partial charge in [0, 0.05) is 11.1 Å². The molecule has 0 saturated heterocycles. The number of ether oxygens (including phenoxy) is 1. The molecule has 1 aliphatic heterocycles. The van der Waals surface area contributed by atoms with Crippen molar-refractivity contribution in [1.82, 2.24) is 15.5 Å². The average molecular weight is 319 g/mol. The summed E-state index contributed by atoms with van der Waals surface area (Å²) in [5, 5.41) is 10.3. The summed E-state index contributed by atoms with van der Waals surface area (Å²) in [6.07, 6.45) is 0. The number of aromatic nitrogens is 2. The van der Waals surface area contributed by atoms with Crippen molar-refractivity contribution in [2.24, 2.45) is 0 Å². The van der Waals surface area contributed by atoms with E-state index in [1.54, 1.807) is 0 Å². The molecule has 0 radical (unpaired) electrons. The zero-order valence-corrected chi connectivity index (χ0v) is 13.2. The number of nitrogens with one attached hydrogen (secondary N) is 2. The van der Waals surface area contributed by atoms with Crippen LogP contribution in [0.25, 0.3) is 11.3 Å². The average Bonchev–Trinajstić information content (AvgIpc) is 3.19. The summed E-state index contributed by atoms with van der Waals surface area (Å²) in [6, 6.07) is 17.5. The SMILES string of the molecule is CCOc1ccc(C2NC(=O)c3[nH]nc(-c4ccccc4)c32)cc1. The van der Waals surface area contributed by atoms with Crippen molar-refractivity contribution in [2.75, 3.05) is 6.61 Å². The number of nitrogens with zero attached hydrogens (tertiary/aromatic N) is 1. The third kappa shape index (κ3) is 2.34. The van der Waals surface area contributed by atoms with Crippen molar-refractivity contribution in [3.05, 3.63) is 71.4 Å². The van der Waals surface area contributed by atoms with Crippen LogP contribution in [0.2, 0.25) is 0 Å². The summed E-state index contributed by atoms with van der Waals surface area (Å²) in [4.78, 5) is 12.3. The first-order valence-corrected chi connectivity index (χ1v) is 7.95. The van der Waals surface area contributed by atoms with E-state index < -0.39 is 0 Å². The number of rotatable bonds is 4. The second kappa shape index (κ2) is 5.85. The lowest BCUT2D eigenvalue weighted by atomic mass is 9.97. The molecule has 0 bridgehead atoms. The lowest BCUT2D eigenvalue weighted by Gasteiger charge is -2.14. The Bertz CT molecular complexity index is 869. The first-order chi connectivity index (χ1) is 11.8. The Kier molecular flexibility index (Phi) is 3.54. The van der Waals surface area contributed by atoms with Gasteiger partial charge in [0.15, 0.2) is 0 Å². The van der Waals surface area contributed by atoms with Crippen LogP contribution in [0.15, 0.2) is 54.6 Å². The van der Waals surface area contributed by atoms with Gasteiger partial charge < -0.3 is 10.1 Å². The number of benzene rings is 2. The maximum absolute atomic E-state index is 12.3. The zero-order chi connectivity index (χ0) is 16.5. The van der Waals surface area contributed by atoms with Crippen LogP contribution in [0.1, 0.15) is 34.6 Å². The molecule has 1 unspecified atom stereocenters. The van der Waals surface area contributed by atoms with Gasteiger partial charge in [-0.15, -0.1) is 0 Å². The van der Waals surface area contributed by atoms with Gasteiger partial charge in [-0.05, 0) is 24.6 Å². The molecule has 1 amide bonds. The highest BCUT2D eigenvalue weighted by molar-refractivity contribution is 6.00. The summed E-state index contributed by atoms with van der Waals surface area (Å²) < 4.78 is 5.49. The normalized spacial score (nSPS) is 15.9. The molecular formula is C19H17N3O2. The van der Waals surface area contributed by atoms with Crippen LogP contribution in [-0.4, -0.2) is 22.7 Å². The highest BCUT2D eigenvalue weighted by Gasteiger charge is 2.35. The summed E-state index contributed by atoms with van der Waals surface area (Å²) in [7, 11) is 0. The number of hydrogen-bond donors (Lipinski definition) is 2. The van der Waals surface area contributed by atoms with Crippen LogP contribution in [0.3, 0.4) is 0 Å². The predicted molar refractivity (Wildman–Crippen MR) is 90.9 cm³/mol. The number of carbonyl (C=O) groups is 1. The highest BCUT2D eigenvalue weighted by Crippen LogP contribution is 2.37. The lowest BCUT2D eigenvalue weighted by molar-refractivity contribution is 0.0955. The smallest absolute Gasteiger partial charge is 0.270 e. The van der Waals surface area contributed by atoms with Crippen LogP contribution in [0.5, 0.6) is 5.75 Å². The molecule has 5 nitrogen and oxygen atoms in total. The Balaban J connectivity index is 1.76. The summed E-state index contributed by atoms with van der Waals surface area (Å²) in [6.45, 7) is 2.58. The van der Waals surface area contributed by atoms with E-state index in [-0.39, 0.29) is 11.9 Å². The van der Waals surface area contributed by atoms with Crippen LogP contribution in [-0.2, 0) is 0 Å². The van der Waals surface area contributed by atoms with Gasteiger partial charge in [0.05, 0.1) is 18.3 Å². The number of aromatic amines is 1. The molecule has 2 N–H and O–H groups in total. The Hall–Kier alpha value is -3.08. The molecule has 24 heavy (non-hydrogen) atoms. The zero-order valence-electron chi connectivity index (χ0n) is 13.2. The van der Waals surface area contributed by atoms with E-state index in [0.717, 1.165) is 28.1 Å². The van der Waals surface area contributed by atoms with E-state index in [0.29, 0.717) is 12.3 Å². The minimum Gasteiger partial charge on any atom is -0.494 e. The molecule has 2 heterocycles. The van der Waals surface area contributed by atoms with Crippen molar-refractivity contribution >= 4 is 5.91 Å². The van der Waals surface area contributed by atoms with Crippen molar-refractivity contribution in [3.8, 4) is 17.0 Å². The predicted octanol–water partition coefficient (Wildman–Crippen LogP) is 3.31. The largest absolute Gasteiger partial charge is 0.494 e. The fraction of sp³-hybridized carbons (Fsp3) is 0.158. The topological polar surface area (TPSA) is 67.0 Å². The van der Waals surface area contributed by atoms with E-state index in [9.17, 15) is 4.79 Å². The van der Waals surface area contributed by atoms with E-state index in [1.165, 1.54) is 0 Å². The van der Waals surface area contributed by atoms with Gasteiger partial charge in [0.25, 0.3) is 5.91 Å². The Labute approximate surface area is 139 Å². The molecule has 0 spiro atoms. The quantitative estimate of drug-likeness (QED) is 0.775. The van der Waals surface area contributed by atoms with Gasteiger partial charge in [-0.1, -0.05) is 42.5 Å². The van der Waals surface area contributed by atoms with Gasteiger partial charge >= 0.3 is 0 Å². The fourth-order valence-corrected chi connectivity index (χ4v) is 3.07. The van der Waals surface area contributed by atoms with Gasteiger partial charge in [-0.25, -0.2) is 0 Å². The third-order valence-corrected chi connectivity index (χ3v) is 4.17. The molecule has 120 valence electrons. The van der Waals surface area contributed by atoms with E-state index in [4.69, 9.17) is 4.74 Å². The number of hydrogen-bond acceptors (Lipinski definition) is 3. The second-order valence-electron chi connectivity index (χ2n) is 5.64. The molecule has 5 heteroatoms. The molecule has 0 aliphatic carbocycles. The van der Waals surface area contributed by atoms with E-state index in [2.05, 4.69) is 15.5 Å². The molecule has 1 aromatic heterocycles. The number of carbonyl (C=O) groups excluding carboxylic acids is 1.